The summed E-state index contributed by atoms with van der Waals surface area (Å²) in [6.07, 6.45) is 0. The number of hydrogen-bond acceptors (Lipinski definition) is 8. The van der Waals surface area contributed by atoms with Crippen molar-refractivity contribution in [2.45, 2.75) is 6.92 Å². The fourth-order valence-corrected chi connectivity index (χ4v) is 3.75. The van der Waals surface area contributed by atoms with Crippen LogP contribution in [0, 0.1) is 6.92 Å². The summed E-state index contributed by atoms with van der Waals surface area (Å²) >= 11 is 1.23. The molecule has 0 spiro atoms. The largest absolute Gasteiger partial charge is 0.493 e. The number of amides is 1. The molecule has 0 atom stereocenters. The average molecular weight is 425 g/mol. The van der Waals surface area contributed by atoms with Crippen molar-refractivity contribution in [2.24, 2.45) is 0 Å². The molecule has 2 heterocycles. The molecule has 10 heteroatoms. The smallest absolute Gasteiger partial charge is 0.257 e. The number of ether oxygens (including phenoxy) is 3. The molecule has 0 saturated carbocycles. The molecule has 0 unspecified atom stereocenters. The lowest BCUT2D eigenvalue weighted by Gasteiger charge is -2.13. The van der Waals surface area contributed by atoms with Crippen LogP contribution < -0.4 is 19.5 Å². The van der Waals surface area contributed by atoms with Crippen molar-refractivity contribution >= 4 is 27.3 Å². The van der Waals surface area contributed by atoms with Crippen LogP contribution >= 0.6 is 11.3 Å². The van der Waals surface area contributed by atoms with Gasteiger partial charge in [0.15, 0.2) is 17.3 Å². The summed E-state index contributed by atoms with van der Waals surface area (Å²) in [5.41, 5.74) is 2.35. The van der Waals surface area contributed by atoms with E-state index in [2.05, 4.69) is 20.6 Å². The maximum absolute atomic E-state index is 12.8. The van der Waals surface area contributed by atoms with E-state index >= 15 is 0 Å². The summed E-state index contributed by atoms with van der Waals surface area (Å²) in [5, 5.41) is 16.0. The molecule has 2 aromatic heterocycles. The van der Waals surface area contributed by atoms with Crippen molar-refractivity contribution in [2.75, 3.05) is 26.6 Å². The van der Waals surface area contributed by atoms with E-state index in [9.17, 15) is 4.79 Å². The third-order valence-electron chi connectivity index (χ3n) is 4.41. The molecule has 9 nitrogen and oxygen atoms in total. The van der Waals surface area contributed by atoms with Gasteiger partial charge in [-0.2, -0.15) is 4.52 Å². The van der Waals surface area contributed by atoms with Crippen LogP contribution in [0.15, 0.2) is 36.4 Å². The third-order valence-corrected chi connectivity index (χ3v) is 5.23. The van der Waals surface area contributed by atoms with Crippen LogP contribution in [0.3, 0.4) is 0 Å². The summed E-state index contributed by atoms with van der Waals surface area (Å²) in [5.74, 6) is 1.44. The highest BCUT2D eigenvalue weighted by atomic mass is 32.1. The first-order valence-electron chi connectivity index (χ1n) is 8.94. The van der Waals surface area contributed by atoms with Crippen LogP contribution in [0.1, 0.15) is 15.9 Å². The fourth-order valence-electron chi connectivity index (χ4n) is 3.01. The SMILES string of the molecule is COc1cc(C(=O)Nc2nn3c(-c4cccc(C)c4)nnc3s2)cc(OC)c1OC. The standard InChI is InChI=1S/C20H19N5O4S/c1-11-6-5-7-12(8-11)17-22-23-20-25(17)24-19(30-20)21-18(26)13-9-14(27-2)16(29-4)15(10-13)28-3/h5-10H,1-4H3,(H,21,24,26). The molecular weight excluding hydrogens is 406 g/mol. The highest BCUT2D eigenvalue weighted by Gasteiger charge is 2.19. The van der Waals surface area contributed by atoms with Gasteiger partial charge >= 0.3 is 0 Å². The maximum atomic E-state index is 12.8. The van der Waals surface area contributed by atoms with Gasteiger partial charge in [-0.3, -0.25) is 10.1 Å². The summed E-state index contributed by atoms with van der Waals surface area (Å²) in [7, 11) is 4.49. The lowest BCUT2D eigenvalue weighted by Crippen LogP contribution is -2.13. The first kappa shape index (κ1) is 19.6. The van der Waals surface area contributed by atoms with E-state index in [1.54, 1.807) is 16.6 Å². The van der Waals surface area contributed by atoms with Crippen molar-refractivity contribution in [1.82, 2.24) is 19.8 Å². The number of nitrogens with one attached hydrogen (secondary N) is 1. The molecule has 0 fully saturated rings. The number of benzene rings is 2. The van der Waals surface area contributed by atoms with Gasteiger partial charge in [0.25, 0.3) is 5.91 Å². The van der Waals surface area contributed by atoms with Gasteiger partial charge in [-0.25, -0.2) is 0 Å². The number of carbonyl (C=O) groups excluding carboxylic acids is 1. The van der Waals surface area contributed by atoms with Gasteiger partial charge in [-0.05, 0) is 25.1 Å². The Morgan fingerprint density at radius 1 is 1.03 bits per heavy atom. The van der Waals surface area contributed by atoms with Gasteiger partial charge in [-0.1, -0.05) is 35.1 Å². The van der Waals surface area contributed by atoms with Gasteiger partial charge in [0.05, 0.1) is 21.3 Å². The number of nitrogens with zero attached hydrogens (tertiary/aromatic N) is 4. The molecule has 0 aliphatic rings. The van der Waals surface area contributed by atoms with E-state index < -0.39 is 0 Å². The van der Waals surface area contributed by atoms with Crippen LogP contribution in [-0.4, -0.2) is 47.0 Å². The number of rotatable bonds is 6. The van der Waals surface area contributed by atoms with Crippen molar-refractivity contribution in [1.29, 1.82) is 0 Å². The molecule has 30 heavy (non-hydrogen) atoms. The van der Waals surface area contributed by atoms with Crippen molar-refractivity contribution < 1.29 is 19.0 Å². The number of fused-ring (bicyclic) bond motifs is 1. The Hall–Kier alpha value is -3.66. The first-order chi connectivity index (χ1) is 14.5. The zero-order chi connectivity index (χ0) is 21.3. The Kier molecular flexibility index (Phi) is 5.23. The molecule has 0 aliphatic heterocycles. The predicted molar refractivity (Wildman–Crippen MR) is 113 cm³/mol. The van der Waals surface area contributed by atoms with Crippen molar-refractivity contribution in [3.05, 3.63) is 47.5 Å². The molecule has 4 aromatic rings. The van der Waals surface area contributed by atoms with Gasteiger partial charge in [0.1, 0.15) is 0 Å². The highest BCUT2D eigenvalue weighted by Crippen LogP contribution is 2.38. The lowest BCUT2D eigenvalue weighted by atomic mass is 10.1. The number of carbonyl (C=O) groups is 1. The number of aromatic nitrogens is 4. The van der Waals surface area contributed by atoms with Gasteiger partial charge in [0.2, 0.25) is 15.8 Å². The Labute approximate surface area is 176 Å². The minimum atomic E-state index is -0.365. The molecule has 1 amide bonds. The quantitative estimate of drug-likeness (QED) is 0.505. The molecule has 4 rings (SSSR count). The topological polar surface area (TPSA) is 99.9 Å². The molecule has 1 N–H and O–H groups in total. The summed E-state index contributed by atoms with van der Waals surface area (Å²) in [6.45, 7) is 2.01. The molecular formula is C20H19N5O4S. The monoisotopic (exact) mass is 425 g/mol. The van der Waals surface area contributed by atoms with Crippen LogP contribution in [0.5, 0.6) is 17.2 Å². The second-order valence-corrected chi connectivity index (χ2v) is 7.32. The van der Waals surface area contributed by atoms with E-state index in [4.69, 9.17) is 14.2 Å². The number of anilines is 1. The van der Waals surface area contributed by atoms with E-state index in [-0.39, 0.29) is 5.91 Å². The number of hydrogen-bond donors (Lipinski definition) is 1. The zero-order valence-corrected chi connectivity index (χ0v) is 17.6. The van der Waals surface area contributed by atoms with Gasteiger partial charge < -0.3 is 14.2 Å². The Morgan fingerprint density at radius 2 is 1.77 bits per heavy atom. The minimum Gasteiger partial charge on any atom is -0.493 e. The summed E-state index contributed by atoms with van der Waals surface area (Å²) in [6, 6.07) is 11.1. The maximum Gasteiger partial charge on any atom is 0.257 e. The molecule has 0 saturated heterocycles. The Balaban J connectivity index is 1.64. The van der Waals surface area contributed by atoms with Crippen LogP contribution in [-0.2, 0) is 0 Å². The van der Waals surface area contributed by atoms with Crippen molar-refractivity contribution in [3.63, 3.8) is 0 Å². The second-order valence-electron chi connectivity index (χ2n) is 6.36. The highest BCUT2D eigenvalue weighted by molar-refractivity contribution is 7.20. The normalized spacial score (nSPS) is 10.8. The van der Waals surface area contributed by atoms with E-state index in [0.29, 0.717) is 38.7 Å². The van der Waals surface area contributed by atoms with Crippen molar-refractivity contribution in [3.8, 4) is 28.6 Å². The van der Waals surface area contributed by atoms with Crippen LogP contribution in [0.25, 0.3) is 16.3 Å². The fraction of sp³-hybridized carbons (Fsp3) is 0.200. The third kappa shape index (κ3) is 3.52. The first-order valence-corrected chi connectivity index (χ1v) is 9.76. The van der Waals surface area contributed by atoms with Crippen LogP contribution in [0.2, 0.25) is 0 Å². The van der Waals surface area contributed by atoms with Gasteiger partial charge in [-0.15, -0.1) is 15.3 Å². The predicted octanol–water partition coefficient (Wildman–Crippen LogP) is 3.44. The van der Waals surface area contributed by atoms with Gasteiger partial charge in [0, 0.05) is 11.1 Å². The molecule has 2 aromatic carbocycles. The zero-order valence-electron chi connectivity index (χ0n) is 16.8. The Bertz CT molecular complexity index is 1210. The number of methoxy groups -OCH3 is 3. The molecule has 0 bridgehead atoms. The lowest BCUT2D eigenvalue weighted by molar-refractivity contribution is 0.102. The summed E-state index contributed by atoms with van der Waals surface area (Å²) < 4.78 is 17.5. The second kappa shape index (κ2) is 7.99. The van der Waals surface area contributed by atoms with E-state index in [0.717, 1.165) is 11.1 Å². The molecule has 0 radical (unpaired) electrons. The van der Waals surface area contributed by atoms with Crippen LogP contribution in [0.4, 0.5) is 5.13 Å². The van der Waals surface area contributed by atoms with E-state index in [1.807, 2.05) is 31.2 Å². The minimum absolute atomic E-state index is 0.342. The molecule has 0 aliphatic carbocycles. The number of aryl methyl sites for hydroxylation is 1. The average Bonchev–Trinajstić information content (AvgIpc) is 3.32. The summed E-state index contributed by atoms with van der Waals surface area (Å²) in [4.78, 5) is 13.4. The Morgan fingerprint density at radius 3 is 2.40 bits per heavy atom. The van der Waals surface area contributed by atoms with E-state index in [1.165, 1.54) is 32.7 Å². The molecule has 154 valence electrons.